The number of benzene rings is 2. The summed E-state index contributed by atoms with van der Waals surface area (Å²) in [5, 5.41) is 2.95. The van der Waals surface area contributed by atoms with E-state index in [1.54, 1.807) is 21.9 Å². The number of fused-ring (bicyclic) bond motifs is 1. The van der Waals surface area contributed by atoms with E-state index in [9.17, 15) is 14.0 Å². The van der Waals surface area contributed by atoms with Crippen LogP contribution in [0, 0.1) is 5.82 Å². The summed E-state index contributed by atoms with van der Waals surface area (Å²) >= 11 is 0. The summed E-state index contributed by atoms with van der Waals surface area (Å²) < 4.78 is 13.0. The number of nitrogens with zero attached hydrogens (tertiary/aromatic N) is 2. The first kappa shape index (κ1) is 15.6. The standard InChI is InChI=1S/C19H18FN3O2/c20-14-5-7-16(8-6-14)23-12-15(11-18(23)24)21-19(25)22-10-9-13-3-1-2-4-17(13)22/h1-8,15H,9-12H2,(H,21,25)/t15-/m1/s1. The minimum atomic E-state index is -0.340. The predicted octanol–water partition coefficient (Wildman–Crippen LogP) is 2.70. The molecule has 0 bridgehead atoms. The van der Waals surface area contributed by atoms with Gasteiger partial charge in [-0.3, -0.25) is 9.69 Å². The lowest BCUT2D eigenvalue weighted by molar-refractivity contribution is -0.117. The Morgan fingerprint density at radius 1 is 1.12 bits per heavy atom. The number of nitrogens with one attached hydrogen (secondary N) is 1. The molecule has 2 aromatic carbocycles. The van der Waals surface area contributed by atoms with Crippen LogP contribution in [0.2, 0.25) is 0 Å². The summed E-state index contributed by atoms with van der Waals surface area (Å²) in [6, 6.07) is 13.2. The molecule has 1 fully saturated rings. The molecule has 5 nitrogen and oxygen atoms in total. The van der Waals surface area contributed by atoms with Crippen LogP contribution in [-0.4, -0.2) is 31.1 Å². The number of anilines is 2. The fourth-order valence-corrected chi connectivity index (χ4v) is 3.48. The average Bonchev–Trinajstić information content (AvgIpc) is 3.19. The van der Waals surface area contributed by atoms with Crippen molar-refractivity contribution < 1.29 is 14.0 Å². The number of carbonyl (C=O) groups is 2. The minimum Gasteiger partial charge on any atom is -0.333 e. The van der Waals surface area contributed by atoms with Gasteiger partial charge in [-0.15, -0.1) is 0 Å². The Bertz CT molecular complexity index is 822. The summed E-state index contributed by atoms with van der Waals surface area (Å²) in [6.45, 7) is 1.04. The Balaban J connectivity index is 1.43. The number of halogens is 1. The van der Waals surface area contributed by atoms with Crippen LogP contribution >= 0.6 is 0 Å². The summed E-state index contributed by atoms with van der Waals surface area (Å²) in [6.07, 6.45) is 1.09. The first-order valence-corrected chi connectivity index (χ1v) is 8.34. The molecule has 1 atom stereocenters. The zero-order chi connectivity index (χ0) is 17.4. The summed E-state index contributed by atoms with van der Waals surface area (Å²) in [7, 11) is 0. The van der Waals surface area contributed by atoms with Crippen LogP contribution in [-0.2, 0) is 11.2 Å². The fraction of sp³-hybridized carbons (Fsp3) is 0.263. The molecule has 1 saturated heterocycles. The third-order valence-corrected chi connectivity index (χ3v) is 4.72. The minimum absolute atomic E-state index is 0.0706. The maximum absolute atomic E-state index is 13.0. The van der Waals surface area contributed by atoms with Crippen molar-refractivity contribution in [2.45, 2.75) is 18.9 Å². The van der Waals surface area contributed by atoms with Gasteiger partial charge in [0.1, 0.15) is 5.82 Å². The van der Waals surface area contributed by atoms with Crippen LogP contribution in [0.1, 0.15) is 12.0 Å². The van der Waals surface area contributed by atoms with Crippen molar-refractivity contribution in [3.8, 4) is 0 Å². The molecular formula is C19H18FN3O2. The van der Waals surface area contributed by atoms with Crippen LogP contribution in [0.15, 0.2) is 48.5 Å². The molecular weight excluding hydrogens is 321 g/mol. The molecule has 2 aliphatic heterocycles. The molecule has 6 heteroatoms. The molecule has 2 aromatic rings. The number of hydrogen-bond acceptors (Lipinski definition) is 2. The van der Waals surface area contributed by atoms with Crippen LogP contribution in [0.4, 0.5) is 20.6 Å². The van der Waals surface area contributed by atoms with E-state index in [-0.39, 0.29) is 30.2 Å². The summed E-state index contributed by atoms with van der Waals surface area (Å²) in [4.78, 5) is 28.1. The molecule has 3 amide bonds. The zero-order valence-corrected chi connectivity index (χ0v) is 13.6. The van der Waals surface area contributed by atoms with Crippen LogP contribution < -0.4 is 15.1 Å². The highest BCUT2D eigenvalue weighted by molar-refractivity contribution is 5.98. The first-order chi connectivity index (χ1) is 12.1. The molecule has 0 aliphatic carbocycles. The summed E-state index contributed by atoms with van der Waals surface area (Å²) in [5.41, 5.74) is 2.74. The molecule has 2 heterocycles. The van der Waals surface area contributed by atoms with Crippen LogP contribution in [0.3, 0.4) is 0 Å². The van der Waals surface area contributed by atoms with Crippen molar-refractivity contribution >= 4 is 23.3 Å². The third kappa shape index (κ3) is 2.95. The van der Waals surface area contributed by atoms with Gasteiger partial charge in [-0.05, 0) is 42.3 Å². The third-order valence-electron chi connectivity index (χ3n) is 4.72. The molecule has 2 aliphatic rings. The van der Waals surface area contributed by atoms with Gasteiger partial charge < -0.3 is 10.2 Å². The van der Waals surface area contributed by atoms with Gasteiger partial charge in [0.25, 0.3) is 0 Å². The molecule has 0 saturated carbocycles. The number of amides is 3. The topological polar surface area (TPSA) is 52.7 Å². The highest BCUT2D eigenvalue weighted by Crippen LogP contribution is 2.28. The monoisotopic (exact) mass is 339 g/mol. The maximum atomic E-state index is 13.0. The number of carbonyl (C=O) groups excluding carboxylic acids is 2. The number of rotatable bonds is 2. The van der Waals surface area contributed by atoms with Crippen molar-refractivity contribution in [2.24, 2.45) is 0 Å². The molecule has 0 unspecified atom stereocenters. The Hall–Kier alpha value is -2.89. The van der Waals surface area contributed by atoms with Gasteiger partial charge in [0, 0.05) is 30.9 Å². The van der Waals surface area contributed by atoms with E-state index in [2.05, 4.69) is 5.32 Å². The molecule has 0 spiro atoms. The predicted molar refractivity (Wildman–Crippen MR) is 93.2 cm³/mol. The lowest BCUT2D eigenvalue weighted by Crippen LogP contribution is -2.45. The van der Waals surface area contributed by atoms with Crippen molar-refractivity contribution in [2.75, 3.05) is 22.9 Å². The van der Waals surface area contributed by atoms with E-state index < -0.39 is 0 Å². The van der Waals surface area contributed by atoms with Gasteiger partial charge in [-0.25, -0.2) is 9.18 Å². The number of urea groups is 1. The van der Waals surface area contributed by atoms with Crippen molar-refractivity contribution in [3.63, 3.8) is 0 Å². The van der Waals surface area contributed by atoms with Crippen molar-refractivity contribution in [1.29, 1.82) is 0 Å². The Labute approximate surface area is 145 Å². The fourth-order valence-electron chi connectivity index (χ4n) is 3.48. The normalized spacial score (nSPS) is 19.2. The summed E-state index contributed by atoms with van der Waals surface area (Å²) in [5.74, 6) is -0.410. The Morgan fingerprint density at radius 2 is 1.88 bits per heavy atom. The van der Waals surface area contributed by atoms with Gasteiger partial charge in [-0.1, -0.05) is 18.2 Å². The average molecular weight is 339 g/mol. The second kappa shape index (κ2) is 6.20. The van der Waals surface area contributed by atoms with E-state index >= 15 is 0 Å². The van der Waals surface area contributed by atoms with E-state index in [1.807, 2.05) is 24.3 Å². The van der Waals surface area contributed by atoms with E-state index in [1.165, 1.54) is 12.1 Å². The van der Waals surface area contributed by atoms with Crippen molar-refractivity contribution in [3.05, 3.63) is 59.9 Å². The lowest BCUT2D eigenvalue weighted by atomic mass is 10.2. The lowest BCUT2D eigenvalue weighted by Gasteiger charge is -2.21. The first-order valence-electron chi connectivity index (χ1n) is 8.34. The van der Waals surface area contributed by atoms with Crippen LogP contribution in [0.5, 0.6) is 0 Å². The van der Waals surface area contributed by atoms with Crippen LogP contribution in [0.25, 0.3) is 0 Å². The zero-order valence-electron chi connectivity index (χ0n) is 13.6. The number of para-hydroxylation sites is 1. The SMILES string of the molecule is O=C1C[C@@H](NC(=O)N2CCc3ccccc32)CN1c1ccc(F)cc1. The quantitative estimate of drug-likeness (QED) is 0.915. The molecule has 1 N–H and O–H groups in total. The van der Waals surface area contributed by atoms with Crippen molar-refractivity contribution in [1.82, 2.24) is 5.32 Å². The molecule has 128 valence electrons. The van der Waals surface area contributed by atoms with E-state index in [4.69, 9.17) is 0 Å². The smallest absolute Gasteiger partial charge is 0.322 e. The van der Waals surface area contributed by atoms with E-state index in [0.29, 0.717) is 18.8 Å². The Kier molecular flexibility index (Phi) is 3.87. The molecule has 4 rings (SSSR count). The van der Waals surface area contributed by atoms with Gasteiger partial charge in [-0.2, -0.15) is 0 Å². The number of hydrogen-bond donors (Lipinski definition) is 1. The molecule has 0 aromatic heterocycles. The molecule has 25 heavy (non-hydrogen) atoms. The largest absolute Gasteiger partial charge is 0.333 e. The second-order valence-corrected chi connectivity index (χ2v) is 6.36. The second-order valence-electron chi connectivity index (χ2n) is 6.36. The van der Waals surface area contributed by atoms with Gasteiger partial charge in [0.2, 0.25) is 5.91 Å². The Morgan fingerprint density at radius 3 is 2.68 bits per heavy atom. The highest BCUT2D eigenvalue weighted by atomic mass is 19.1. The van der Waals surface area contributed by atoms with Gasteiger partial charge in [0.15, 0.2) is 0 Å². The van der Waals surface area contributed by atoms with Gasteiger partial charge in [0.05, 0.1) is 6.04 Å². The maximum Gasteiger partial charge on any atom is 0.322 e. The van der Waals surface area contributed by atoms with Gasteiger partial charge >= 0.3 is 6.03 Å². The molecule has 0 radical (unpaired) electrons. The highest BCUT2D eigenvalue weighted by Gasteiger charge is 2.33. The van der Waals surface area contributed by atoms with E-state index in [0.717, 1.165) is 17.7 Å².